The van der Waals surface area contributed by atoms with E-state index in [2.05, 4.69) is 22.5 Å². The second kappa shape index (κ2) is 6.56. The highest BCUT2D eigenvalue weighted by molar-refractivity contribution is 7.09. The van der Waals surface area contributed by atoms with Gasteiger partial charge in [-0.2, -0.15) is 0 Å². The number of urea groups is 1. The molecule has 1 aromatic heterocycles. The van der Waals surface area contributed by atoms with Gasteiger partial charge in [0.1, 0.15) is 0 Å². The number of aliphatic hydroxyl groups is 1. The zero-order chi connectivity index (χ0) is 12.8. The van der Waals surface area contributed by atoms with E-state index in [-0.39, 0.29) is 24.7 Å². The van der Waals surface area contributed by atoms with E-state index in [1.807, 2.05) is 12.3 Å². The standard InChI is InChI=1S/C11H19N3O2S/c1-4-10-14-9(6-17-10)8(3)13-11(16)12-7(2)5-15/h6-8,15H,4-5H2,1-3H3,(H2,12,13,16). The molecule has 0 aliphatic carbocycles. The molecule has 1 rings (SSSR count). The zero-order valence-electron chi connectivity index (χ0n) is 10.4. The van der Waals surface area contributed by atoms with Crippen molar-refractivity contribution in [3.05, 3.63) is 16.1 Å². The second-order valence-electron chi connectivity index (χ2n) is 3.94. The summed E-state index contributed by atoms with van der Waals surface area (Å²) in [4.78, 5) is 15.9. The Balaban J connectivity index is 2.48. The number of nitrogens with one attached hydrogen (secondary N) is 2. The number of hydrogen-bond donors (Lipinski definition) is 3. The molecule has 1 aromatic rings. The van der Waals surface area contributed by atoms with Gasteiger partial charge in [-0.3, -0.25) is 0 Å². The van der Waals surface area contributed by atoms with Crippen LogP contribution in [0.25, 0.3) is 0 Å². The van der Waals surface area contributed by atoms with Gasteiger partial charge >= 0.3 is 6.03 Å². The number of aromatic nitrogens is 1. The minimum Gasteiger partial charge on any atom is -0.394 e. The zero-order valence-corrected chi connectivity index (χ0v) is 11.2. The molecule has 0 bridgehead atoms. The molecule has 0 radical (unpaired) electrons. The van der Waals surface area contributed by atoms with Crippen molar-refractivity contribution >= 4 is 17.4 Å². The van der Waals surface area contributed by atoms with Gasteiger partial charge in [-0.05, 0) is 20.3 Å². The normalized spacial score (nSPS) is 14.1. The topological polar surface area (TPSA) is 74.2 Å². The van der Waals surface area contributed by atoms with Crippen LogP contribution >= 0.6 is 11.3 Å². The average molecular weight is 257 g/mol. The quantitative estimate of drug-likeness (QED) is 0.747. The third-order valence-corrected chi connectivity index (χ3v) is 3.33. The van der Waals surface area contributed by atoms with E-state index in [1.54, 1.807) is 18.3 Å². The second-order valence-corrected chi connectivity index (χ2v) is 4.89. The van der Waals surface area contributed by atoms with Crippen LogP contribution < -0.4 is 10.6 Å². The molecule has 6 heteroatoms. The van der Waals surface area contributed by atoms with Crippen LogP contribution in [0.15, 0.2) is 5.38 Å². The minimum atomic E-state index is -0.287. The summed E-state index contributed by atoms with van der Waals surface area (Å²) in [5.41, 5.74) is 0.874. The lowest BCUT2D eigenvalue weighted by Gasteiger charge is -2.15. The fourth-order valence-electron chi connectivity index (χ4n) is 1.27. The van der Waals surface area contributed by atoms with Crippen molar-refractivity contribution < 1.29 is 9.90 Å². The Morgan fingerprint density at radius 1 is 1.53 bits per heavy atom. The maximum absolute atomic E-state index is 11.5. The molecule has 0 aromatic carbocycles. The molecule has 96 valence electrons. The smallest absolute Gasteiger partial charge is 0.315 e. The number of carbonyl (C=O) groups is 1. The van der Waals surface area contributed by atoms with Crippen molar-refractivity contribution in [3.8, 4) is 0 Å². The van der Waals surface area contributed by atoms with E-state index in [0.29, 0.717) is 0 Å². The molecular formula is C11H19N3O2S. The van der Waals surface area contributed by atoms with Crippen LogP contribution in [0.2, 0.25) is 0 Å². The minimum absolute atomic E-state index is 0.0709. The Labute approximate surface area is 105 Å². The van der Waals surface area contributed by atoms with Gasteiger partial charge in [0, 0.05) is 5.38 Å². The summed E-state index contributed by atoms with van der Waals surface area (Å²) in [5.74, 6) is 0. The Kier molecular flexibility index (Phi) is 5.37. The van der Waals surface area contributed by atoms with Gasteiger partial charge in [0.2, 0.25) is 0 Å². The van der Waals surface area contributed by atoms with Crippen molar-refractivity contribution in [2.45, 2.75) is 39.3 Å². The molecule has 0 aliphatic heterocycles. The highest BCUT2D eigenvalue weighted by Gasteiger charge is 2.13. The molecule has 3 N–H and O–H groups in total. The molecule has 17 heavy (non-hydrogen) atoms. The van der Waals surface area contributed by atoms with E-state index in [0.717, 1.165) is 17.1 Å². The van der Waals surface area contributed by atoms with Crippen molar-refractivity contribution in [1.82, 2.24) is 15.6 Å². The Hall–Kier alpha value is -1.14. The van der Waals surface area contributed by atoms with Crippen molar-refractivity contribution in [1.29, 1.82) is 0 Å². The first-order chi connectivity index (χ1) is 8.06. The molecule has 5 nitrogen and oxygen atoms in total. The molecule has 0 aliphatic rings. The molecule has 2 amide bonds. The van der Waals surface area contributed by atoms with E-state index >= 15 is 0 Å². The first-order valence-corrected chi connectivity index (χ1v) is 6.57. The molecule has 0 saturated heterocycles. The van der Waals surface area contributed by atoms with Gasteiger partial charge in [-0.15, -0.1) is 11.3 Å². The van der Waals surface area contributed by atoms with Crippen LogP contribution in [-0.2, 0) is 6.42 Å². The molecule has 2 atom stereocenters. The number of hydrogen-bond acceptors (Lipinski definition) is 4. The van der Waals surface area contributed by atoms with Gasteiger partial charge in [0.25, 0.3) is 0 Å². The average Bonchev–Trinajstić information content (AvgIpc) is 2.77. The lowest BCUT2D eigenvalue weighted by atomic mass is 10.2. The summed E-state index contributed by atoms with van der Waals surface area (Å²) in [7, 11) is 0. The highest BCUT2D eigenvalue weighted by atomic mass is 32.1. The number of thiazole rings is 1. The predicted octanol–water partition coefficient (Wildman–Crippen LogP) is 1.45. The van der Waals surface area contributed by atoms with Gasteiger partial charge in [-0.25, -0.2) is 9.78 Å². The van der Waals surface area contributed by atoms with Crippen LogP contribution in [0, 0.1) is 0 Å². The van der Waals surface area contributed by atoms with Crippen LogP contribution in [0.5, 0.6) is 0 Å². The molecule has 0 saturated carbocycles. The number of carbonyl (C=O) groups excluding carboxylic acids is 1. The lowest BCUT2D eigenvalue weighted by molar-refractivity contribution is 0.218. The van der Waals surface area contributed by atoms with E-state index in [9.17, 15) is 4.79 Å². The number of aliphatic hydroxyl groups excluding tert-OH is 1. The third kappa shape index (κ3) is 4.32. The van der Waals surface area contributed by atoms with Gasteiger partial charge in [0.05, 0.1) is 29.4 Å². The SMILES string of the molecule is CCc1nc(C(C)NC(=O)NC(C)CO)cs1. The predicted molar refractivity (Wildman–Crippen MR) is 68.1 cm³/mol. The first kappa shape index (κ1) is 13.9. The number of nitrogens with zero attached hydrogens (tertiary/aromatic N) is 1. The molecule has 2 unspecified atom stereocenters. The van der Waals surface area contributed by atoms with Crippen molar-refractivity contribution in [2.24, 2.45) is 0 Å². The Morgan fingerprint density at radius 2 is 2.24 bits per heavy atom. The summed E-state index contributed by atoms with van der Waals surface area (Å²) < 4.78 is 0. The molecule has 0 fully saturated rings. The molecule has 1 heterocycles. The van der Waals surface area contributed by atoms with Crippen molar-refractivity contribution in [3.63, 3.8) is 0 Å². The lowest BCUT2D eigenvalue weighted by Crippen LogP contribution is -2.43. The van der Waals surface area contributed by atoms with Crippen LogP contribution in [0.1, 0.15) is 37.5 Å². The molecule has 0 spiro atoms. The largest absolute Gasteiger partial charge is 0.394 e. The van der Waals surface area contributed by atoms with Crippen LogP contribution in [0.4, 0.5) is 4.79 Å². The molecular weight excluding hydrogens is 238 g/mol. The van der Waals surface area contributed by atoms with Crippen LogP contribution in [-0.4, -0.2) is 28.8 Å². The fraction of sp³-hybridized carbons (Fsp3) is 0.636. The maximum atomic E-state index is 11.5. The van der Waals surface area contributed by atoms with Crippen LogP contribution in [0.3, 0.4) is 0 Å². The summed E-state index contributed by atoms with van der Waals surface area (Å²) >= 11 is 1.60. The summed E-state index contributed by atoms with van der Waals surface area (Å²) in [6, 6.07) is -0.661. The maximum Gasteiger partial charge on any atom is 0.315 e. The summed E-state index contributed by atoms with van der Waals surface area (Å²) in [6.45, 7) is 5.61. The highest BCUT2D eigenvalue weighted by Crippen LogP contribution is 2.16. The number of rotatable bonds is 5. The monoisotopic (exact) mass is 257 g/mol. The number of aryl methyl sites for hydroxylation is 1. The first-order valence-electron chi connectivity index (χ1n) is 5.69. The summed E-state index contributed by atoms with van der Waals surface area (Å²) in [5, 5.41) is 17.3. The van der Waals surface area contributed by atoms with E-state index < -0.39 is 0 Å². The Bertz CT molecular complexity index is 367. The Morgan fingerprint density at radius 3 is 2.76 bits per heavy atom. The number of amides is 2. The van der Waals surface area contributed by atoms with E-state index in [1.165, 1.54) is 0 Å². The van der Waals surface area contributed by atoms with Crippen molar-refractivity contribution in [2.75, 3.05) is 6.61 Å². The fourth-order valence-corrected chi connectivity index (χ4v) is 2.11. The third-order valence-electron chi connectivity index (χ3n) is 2.31. The van der Waals surface area contributed by atoms with E-state index in [4.69, 9.17) is 5.11 Å². The van der Waals surface area contributed by atoms with Gasteiger partial charge in [-0.1, -0.05) is 6.92 Å². The van der Waals surface area contributed by atoms with Gasteiger partial charge in [0.15, 0.2) is 0 Å². The van der Waals surface area contributed by atoms with Gasteiger partial charge < -0.3 is 15.7 Å². The summed E-state index contributed by atoms with van der Waals surface area (Å²) in [6.07, 6.45) is 0.908.